The zero-order valence-corrected chi connectivity index (χ0v) is 12.9. The summed E-state index contributed by atoms with van der Waals surface area (Å²) < 4.78 is 6.23. The van der Waals surface area contributed by atoms with Gasteiger partial charge in [0.1, 0.15) is 0 Å². The lowest BCUT2D eigenvalue weighted by atomic mass is 9.87. The lowest BCUT2D eigenvalue weighted by Gasteiger charge is -2.43. The molecular weight excluding hydrogens is 224 g/mol. The minimum absolute atomic E-state index is 0.0182. The number of hydrogen-bond acceptors (Lipinski definition) is 3. The van der Waals surface area contributed by atoms with Crippen molar-refractivity contribution >= 4 is 0 Å². The normalized spacial score (nSPS) is 40.0. The number of rotatable bonds is 2. The predicted octanol–water partition coefficient (Wildman–Crippen LogP) is 2.26. The summed E-state index contributed by atoms with van der Waals surface area (Å²) in [6, 6.07) is 1.24. The highest BCUT2D eigenvalue weighted by atomic mass is 16.5. The molecule has 3 atom stereocenters. The van der Waals surface area contributed by atoms with Crippen LogP contribution in [0.2, 0.25) is 0 Å². The van der Waals surface area contributed by atoms with Crippen LogP contribution in [0.4, 0.5) is 0 Å². The monoisotopic (exact) mass is 254 g/mol. The summed E-state index contributed by atoms with van der Waals surface area (Å²) in [5.74, 6) is 0.725. The lowest BCUT2D eigenvalue weighted by Crippen LogP contribution is -2.54. The van der Waals surface area contributed by atoms with E-state index in [4.69, 9.17) is 4.74 Å². The first-order valence-corrected chi connectivity index (χ1v) is 7.37. The number of nitrogens with zero attached hydrogens (tertiary/aromatic N) is 1. The molecule has 1 N–H and O–H groups in total. The molecule has 2 rings (SSSR count). The number of nitrogens with one attached hydrogen (secondary N) is 1. The van der Waals surface area contributed by atoms with E-state index in [0.717, 1.165) is 12.3 Å². The lowest BCUT2D eigenvalue weighted by molar-refractivity contribution is -0.0838. The Kier molecular flexibility index (Phi) is 3.79. The van der Waals surface area contributed by atoms with E-state index in [9.17, 15) is 0 Å². The van der Waals surface area contributed by atoms with Crippen LogP contribution in [0.15, 0.2) is 0 Å². The molecule has 3 heteroatoms. The molecule has 2 heterocycles. The van der Waals surface area contributed by atoms with E-state index in [-0.39, 0.29) is 11.2 Å². The maximum absolute atomic E-state index is 6.23. The molecule has 0 aromatic heterocycles. The number of piperidine rings is 1. The zero-order valence-electron chi connectivity index (χ0n) is 12.9. The van der Waals surface area contributed by atoms with Crippen molar-refractivity contribution in [3.8, 4) is 0 Å². The summed E-state index contributed by atoms with van der Waals surface area (Å²) in [6.45, 7) is 13.7. The van der Waals surface area contributed by atoms with Gasteiger partial charge in [0.25, 0.3) is 0 Å². The summed E-state index contributed by atoms with van der Waals surface area (Å²) in [5, 5.41) is 3.44. The third-order valence-electron chi connectivity index (χ3n) is 4.78. The van der Waals surface area contributed by atoms with Crippen molar-refractivity contribution in [1.82, 2.24) is 10.2 Å². The molecule has 0 spiro atoms. The van der Waals surface area contributed by atoms with Crippen LogP contribution in [-0.4, -0.2) is 48.3 Å². The van der Waals surface area contributed by atoms with Gasteiger partial charge in [-0.25, -0.2) is 0 Å². The Balaban J connectivity index is 2.05. The van der Waals surface area contributed by atoms with E-state index < -0.39 is 0 Å². The van der Waals surface area contributed by atoms with Crippen LogP contribution in [0.25, 0.3) is 0 Å². The van der Waals surface area contributed by atoms with Gasteiger partial charge in [0, 0.05) is 25.2 Å². The van der Waals surface area contributed by atoms with Crippen molar-refractivity contribution < 1.29 is 4.74 Å². The summed E-state index contributed by atoms with van der Waals surface area (Å²) in [4.78, 5) is 2.66. The molecule has 18 heavy (non-hydrogen) atoms. The minimum atomic E-state index is -0.0182. The standard InChI is InChI=1S/C15H30N2O/c1-11-10-17(8-7-12(11)16-6)13-9-14(2,3)18-15(13,4)5/h11-13,16H,7-10H2,1-6H3. The Morgan fingerprint density at radius 1 is 1.22 bits per heavy atom. The van der Waals surface area contributed by atoms with Gasteiger partial charge in [-0.05, 0) is 53.5 Å². The summed E-state index contributed by atoms with van der Waals surface area (Å²) in [7, 11) is 2.09. The fourth-order valence-corrected chi connectivity index (χ4v) is 3.99. The highest BCUT2D eigenvalue weighted by Crippen LogP contribution is 2.41. The zero-order chi connectivity index (χ0) is 13.6. The molecule has 0 amide bonds. The van der Waals surface area contributed by atoms with E-state index in [1.165, 1.54) is 19.5 Å². The molecule has 2 aliphatic heterocycles. The van der Waals surface area contributed by atoms with Gasteiger partial charge in [0.2, 0.25) is 0 Å². The fraction of sp³-hybridized carbons (Fsp3) is 1.00. The van der Waals surface area contributed by atoms with E-state index in [1.807, 2.05) is 0 Å². The van der Waals surface area contributed by atoms with Crippen LogP contribution in [0, 0.1) is 5.92 Å². The predicted molar refractivity (Wildman–Crippen MR) is 75.8 cm³/mol. The molecule has 0 radical (unpaired) electrons. The van der Waals surface area contributed by atoms with Crippen molar-refractivity contribution in [2.45, 2.75) is 70.7 Å². The minimum Gasteiger partial charge on any atom is -0.368 e. The van der Waals surface area contributed by atoms with Crippen molar-refractivity contribution in [2.24, 2.45) is 5.92 Å². The van der Waals surface area contributed by atoms with Crippen LogP contribution in [-0.2, 0) is 4.74 Å². The fourth-order valence-electron chi connectivity index (χ4n) is 3.99. The van der Waals surface area contributed by atoms with Crippen LogP contribution < -0.4 is 5.32 Å². The van der Waals surface area contributed by atoms with Crippen LogP contribution in [0.1, 0.15) is 47.5 Å². The van der Waals surface area contributed by atoms with Crippen molar-refractivity contribution in [3.05, 3.63) is 0 Å². The molecular formula is C15H30N2O. The first-order chi connectivity index (χ1) is 8.25. The Morgan fingerprint density at radius 2 is 1.89 bits per heavy atom. The van der Waals surface area contributed by atoms with Gasteiger partial charge in [0.15, 0.2) is 0 Å². The van der Waals surface area contributed by atoms with Crippen molar-refractivity contribution in [2.75, 3.05) is 20.1 Å². The van der Waals surface area contributed by atoms with Gasteiger partial charge in [-0.1, -0.05) is 6.92 Å². The van der Waals surface area contributed by atoms with Crippen molar-refractivity contribution in [3.63, 3.8) is 0 Å². The van der Waals surface area contributed by atoms with Gasteiger partial charge in [-0.3, -0.25) is 4.90 Å². The molecule has 3 nitrogen and oxygen atoms in total. The number of hydrogen-bond donors (Lipinski definition) is 1. The van der Waals surface area contributed by atoms with Gasteiger partial charge in [-0.2, -0.15) is 0 Å². The molecule has 0 aliphatic carbocycles. The second-order valence-electron chi connectivity index (χ2n) is 7.34. The first kappa shape index (κ1) is 14.3. The van der Waals surface area contributed by atoms with Gasteiger partial charge in [-0.15, -0.1) is 0 Å². The third kappa shape index (κ3) is 2.73. The van der Waals surface area contributed by atoms with E-state index in [2.05, 4.69) is 51.9 Å². The quantitative estimate of drug-likeness (QED) is 0.818. The Labute approximate surface area is 112 Å². The second-order valence-corrected chi connectivity index (χ2v) is 7.34. The summed E-state index contributed by atoms with van der Waals surface area (Å²) in [5.41, 5.74) is 0.00690. The number of ether oxygens (including phenoxy) is 1. The summed E-state index contributed by atoms with van der Waals surface area (Å²) >= 11 is 0. The Bertz CT molecular complexity index is 301. The molecule has 106 valence electrons. The molecule has 0 aromatic rings. The highest BCUT2D eigenvalue weighted by molar-refractivity contribution is 5.01. The molecule has 0 saturated carbocycles. The summed E-state index contributed by atoms with van der Waals surface area (Å²) in [6.07, 6.45) is 2.40. The first-order valence-electron chi connectivity index (χ1n) is 7.37. The molecule has 2 fully saturated rings. The molecule has 0 bridgehead atoms. The van der Waals surface area contributed by atoms with Crippen LogP contribution in [0.5, 0.6) is 0 Å². The molecule has 0 aromatic carbocycles. The van der Waals surface area contributed by atoms with E-state index >= 15 is 0 Å². The van der Waals surface area contributed by atoms with E-state index in [1.54, 1.807) is 0 Å². The Morgan fingerprint density at radius 3 is 2.33 bits per heavy atom. The number of likely N-dealkylation sites (tertiary alicyclic amines) is 1. The SMILES string of the molecule is CNC1CCN(C2CC(C)(C)OC2(C)C)CC1C. The van der Waals surface area contributed by atoms with E-state index in [0.29, 0.717) is 12.1 Å². The van der Waals surface area contributed by atoms with Gasteiger partial charge in [0.05, 0.1) is 11.2 Å². The van der Waals surface area contributed by atoms with Gasteiger partial charge < -0.3 is 10.1 Å². The second kappa shape index (κ2) is 4.77. The highest BCUT2D eigenvalue weighted by Gasteiger charge is 2.49. The average Bonchev–Trinajstić information content (AvgIpc) is 2.46. The van der Waals surface area contributed by atoms with Crippen molar-refractivity contribution in [1.29, 1.82) is 0 Å². The molecule has 3 unspecified atom stereocenters. The average molecular weight is 254 g/mol. The van der Waals surface area contributed by atoms with Gasteiger partial charge >= 0.3 is 0 Å². The maximum Gasteiger partial charge on any atom is 0.0789 e. The topological polar surface area (TPSA) is 24.5 Å². The molecule has 2 aliphatic rings. The Hall–Kier alpha value is -0.120. The largest absolute Gasteiger partial charge is 0.368 e. The smallest absolute Gasteiger partial charge is 0.0789 e. The molecule has 2 saturated heterocycles. The van der Waals surface area contributed by atoms with Crippen LogP contribution >= 0.6 is 0 Å². The third-order valence-corrected chi connectivity index (χ3v) is 4.78. The van der Waals surface area contributed by atoms with Crippen LogP contribution in [0.3, 0.4) is 0 Å². The maximum atomic E-state index is 6.23.